The van der Waals surface area contributed by atoms with Gasteiger partial charge in [-0.3, -0.25) is 9.18 Å². The van der Waals surface area contributed by atoms with Crippen LogP contribution in [0.4, 0.5) is 4.39 Å². The third kappa shape index (κ3) is 5.89. The van der Waals surface area contributed by atoms with Crippen LogP contribution in [0.5, 0.6) is 0 Å². The first kappa shape index (κ1) is 6.89. The van der Waals surface area contributed by atoms with Crippen LogP contribution in [0.1, 0.15) is 12.8 Å². The maximum atomic E-state index is 11.1. The summed E-state index contributed by atoms with van der Waals surface area (Å²) in [6, 6.07) is 0. The van der Waals surface area contributed by atoms with Crippen molar-refractivity contribution in [1.82, 2.24) is 0 Å². The van der Waals surface area contributed by atoms with E-state index in [2.05, 4.69) is 0 Å². The van der Waals surface area contributed by atoms with E-state index in [1.165, 1.54) is 0 Å². The predicted molar refractivity (Wildman–Crippen MR) is 26.1 cm³/mol. The van der Waals surface area contributed by atoms with E-state index in [-0.39, 0.29) is 12.8 Å². The van der Waals surface area contributed by atoms with Crippen molar-refractivity contribution in [2.45, 2.75) is 12.8 Å². The summed E-state index contributed by atoms with van der Waals surface area (Å²) in [4.78, 5) is 9.80. The van der Waals surface area contributed by atoms with Gasteiger partial charge in [0.15, 0.2) is 0 Å². The van der Waals surface area contributed by atoms with Crippen LogP contribution in [0.25, 0.3) is 0 Å². The predicted octanol–water partition coefficient (Wildman–Crippen LogP) is 1.50. The van der Waals surface area contributed by atoms with Crippen molar-refractivity contribution in [3.8, 4) is 0 Å². The van der Waals surface area contributed by atoms with E-state index in [9.17, 15) is 9.18 Å². The van der Waals surface area contributed by atoms with E-state index < -0.39 is 11.9 Å². The molecule has 0 amide bonds. The summed E-state index contributed by atoms with van der Waals surface area (Å²) in [6.07, 6.45) is 0.403. The van der Waals surface area contributed by atoms with E-state index in [0.29, 0.717) is 0 Å². The number of rotatable bonds is 3. The fourth-order valence-corrected chi connectivity index (χ4v) is 0.339. The molecule has 0 saturated carbocycles. The zero-order valence-electron chi connectivity index (χ0n) is 3.79. The Morgan fingerprint density at radius 1 is 1.71 bits per heavy atom. The second kappa shape index (κ2) is 4.06. The first-order chi connectivity index (χ1) is 3.27. The van der Waals surface area contributed by atoms with Gasteiger partial charge in [0, 0.05) is 6.42 Å². The first-order valence-corrected chi connectivity index (χ1v) is 2.39. The quantitative estimate of drug-likeness (QED) is 0.521. The minimum Gasteiger partial charge on any atom is -0.281 e. The number of hydrogen-bond donors (Lipinski definition) is 0. The molecule has 0 aliphatic rings. The highest BCUT2D eigenvalue weighted by Gasteiger charge is 1.92. The molecule has 0 bridgehead atoms. The Morgan fingerprint density at radius 3 is 2.43 bits per heavy atom. The molecule has 0 aromatic heterocycles. The minimum atomic E-state index is -0.461. The number of hydrogen-bond acceptors (Lipinski definition) is 1. The maximum absolute atomic E-state index is 11.1. The lowest BCUT2D eigenvalue weighted by molar-refractivity contribution is -0.111. The molecule has 0 spiro atoms. The molecular formula is C4H6ClFO. The van der Waals surface area contributed by atoms with Gasteiger partial charge in [0.2, 0.25) is 5.24 Å². The summed E-state index contributed by atoms with van der Waals surface area (Å²) >= 11 is 4.85. The Morgan fingerprint density at radius 2 is 2.29 bits per heavy atom. The monoisotopic (exact) mass is 124 g/mol. The highest BCUT2D eigenvalue weighted by atomic mass is 35.5. The van der Waals surface area contributed by atoms with Crippen LogP contribution in [0.15, 0.2) is 0 Å². The van der Waals surface area contributed by atoms with E-state index >= 15 is 0 Å². The summed E-state index contributed by atoms with van der Waals surface area (Å²) in [7, 11) is 0. The van der Waals surface area contributed by atoms with Gasteiger partial charge < -0.3 is 0 Å². The van der Waals surface area contributed by atoms with Gasteiger partial charge in [-0.15, -0.1) is 0 Å². The van der Waals surface area contributed by atoms with Crippen molar-refractivity contribution in [2.24, 2.45) is 0 Å². The number of carbonyl (C=O) groups is 1. The van der Waals surface area contributed by atoms with Crippen molar-refractivity contribution in [2.75, 3.05) is 6.67 Å². The second-order valence-electron chi connectivity index (χ2n) is 1.15. The van der Waals surface area contributed by atoms with Crippen molar-refractivity contribution >= 4 is 16.8 Å². The van der Waals surface area contributed by atoms with Crippen LogP contribution in [-0.4, -0.2) is 11.9 Å². The molecule has 0 aromatic carbocycles. The number of alkyl halides is 1. The third-order valence-electron chi connectivity index (χ3n) is 0.507. The zero-order valence-corrected chi connectivity index (χ0v) is 4.54. The lowest BCUT2D eigenvalue weighted by Gasteiger charge is -1.82. The van der Waals surface area contributed by atoms with Crippen molar-refractivity contribution in [3.05, 3.63) is 0 Å². The van der Waals surface area contributed by atoms with Crippen LogP contribution in [0.2, 0.25) is 0 Å². The summed E-state index contributed by atoms with van der Waals surface area (Å²) in [5, 5.41) is -0.461. The average molecular weight is 125 g/mol. The molecule has 0 heterocycles. The molecule has 3 heteroatoms. The number of halogens is 2. The lowest BCUT2D eigenvalue weighted by atomic mass is 10.4. The standard InChI is InChI=1S/C4H6ClFO/c5-4(7)2-1-3-6/h1-3H2. The smallest absolute Gasteiger partial charge is 0.221 e. The van der Waals surface area contributed by atoms with Gasteiger partial charge in [-0.2, -0.15) is 0 Å². The molecule has 0 rings (SSSR count). The molecule has 0 radical (unpaired) electrons. The summed E-state index contributed by atoms with van der Waals surface area (Å²) in [6.45, 7) is -0.460. The van der Waals surface area contributed by atoms with Gasteiger partial charge in [0.1, 0.15) is 0 Å². The average Bonchev–Trinajstić information content (AvgIpc) is 1.61. The molecule has 7 heavy (non-hydrogen) atoms. The molecule has 42 valence electrons. The molecule has 0 unspecified atom stereocenters. The van der Waals surface area contributed by atoms with E-state index in [1.807, 2.05) is 0 Å². The molecule has 0 saturated heterocycles. The molecule has 0 fully saturated rings. The largest absolute Gasteiger partial charge is 0.281 e. The lowest BCUT2D eigenvalue weighted by Crippen LogP contribution is -1.85. The molecule has 0 aromatic rings. The molecule has 1 nitrogen and oxygen atoms in total. The van der Waals surface area contributed by atoms with Crippen molar-refractivity contribution in [3.63, 3.8) is 0 Å². The van der Waals surface area contributed by atoms with Crippen molar-refractivity contribution < 1.29 is 9.18 Å². The highest BCUT2D eigenvalue weighted by Crippen LogP contribution is 1.93. The van der Waals surface area contributed by atoms with Gasteiger partial charge >= 0.3 is 0 Å². The van der Waals surface area contributed by atoms with Crippen LogP contribution in [-0.2, 0) is 4.79 Å². The SMILES string of the molecule is O=C(Cl)CCCF. The minimum absolute atomic E-state index is 0.151. The molecular weight excluding hydrogens is 118 g/mol. The maximum Gasteiger partial charge on any atom is 0.221 e. The topological polar surface area (TPSA) is 17.1 Å². The van der Waals surface area contributed by atoms with Crippen LogP contribution >= 0.6 is 11.6 Å². The summed E-state index contributed by atoms with van der Waals surface area (Å²) in [5.41, 5.74) is 0. The second-order valence-corrected chi connectivity index (χ2v) is 1.57. The summed E-state index contributed by atoms with van der Waals surface area (Å²) < 4.78 is 11.1. The van der Waals surface area contributed by atoms with Crippen LogP contribution in [0, 0.1) is 0 Å². The fourth-order valence-electron chi connectivity index (χ4n) is 0.206. The Kier molecular flexibility index (Phi) is 4.00. The Labute approximate surface area is 46.5 Å². The molecule has 0 aliphatic carbocycles. The zero-order chi connectivity index (χ0) is 5.70. The Hall–Kier alpha value is -0.110. The normalized spacial score (nSPS) is 8.86. The first-order valence-electron chi connectivity index (χ1n) is 2.01. The van der Waals surface area contributed by atoms with Gasteiger partial charge in [-0.1, -0.05) is 0 Å². The van der Waals surface area contributed by atoms with Crippen LogP contribution < -0.4 is 0 Å². The van der Waals surface area contributed by atoms with Crippen LogP contribution in [0.3, 0.4) is 0 Å². The third-order valence-corrected chi connectivity index (χ3v) is 0.696. The van der Waals surface area contributed by atoms with Gasteiger partial charge in [0.05, 0.1) is 6.67 Å². The van der Waals surface area contributed by atoms with E-state index in [1.54, 1.807) is 0 Å². The van der Waals surface area contributed by atoms with E-state index in [4.69, 9.17) is 11.6 Å². The number of carbonyl (C=O) groups excluding carboxylic acids is 1. The van der Waals surface area contributed by atoms with E-state index in [0.717, 1.165) is 0 Å². The van der Waals surface area contributed by atoms with Gasteiger partial charge in [-0.05, 0) is 18.0 Å². The van der Waals surface area contributed by atoms with Gasteiger partial charge in [0.25, 0.3) is 0 Å². The molecule has 0 atom stereocenters. The Bertz CT molecular complexity index is 64.7. The molecule has 0 N–H and O–H groups in total. The fraction of sp³-hybridized carbons (Fsp3) is 0.750. The Balaban J connectivity index is 2.82. The van der Waals surface area contributed by atoms with Gasteiger partial charge in [-0.25, -0.2) is 0 Å². The molecule has 0 aliphatic heterocycles. The van der Waals surface area contributed by atoms with Crippen molar-refractivity contribution in [1.29, 1.82) is 0 Å². The summed E-state index contributed by atoms with van der Waals surface area (Å²) in [5.74, 6) is 0. The highest BCUT2D eigenvalue weighted by molar-refractivity contribution is 6.63.